The van der Waals surface area contributed by atoms with Gasteiger partial charge in [0, 0.05) is 18.5 Å². The lowest BCUT2D eigenvalue weighted by Crippen LogP contribution is -2.34. The van der Waals surface area contributed by atoms with Crippen LogP contribution in [0, 0.1) is 24.2 Å². The number of rotatable bonds is 7. The number of hydrogen-bond acceptors (Lipinski definition) is 5. The van der Waals surface area contributed by atoms with Crippen molar-refractivity contribution in [2.45, 2.75) is 73.8 Å². The van der Waals surface area contributed by atoms with Gasteiger partial charge in [-0.2, -0.15) is 5.26 Å². The van der Waals surface area contributed by atoms with Gasteiger partial charge < -0.3 is 4.74 Å². The number of esters is 1. The molecule has 37 heavy (non-hydrogen) atoms. The van der Waals surface area contributed by atoms with E-state index in [1.165, 1.54) is 57.4 Å². The topological polar surface area (TPSA) is 87.5 Å². The average Bonchev–Trinajstić information content (AvgIpc) is 2.83. The van der Waals surface area contributed by atoms with E-state index in [-0.39, 0.29) is 17.7 Å². The van der Waals surface area contributed by atoms with Crippen LogP contribution in [0.2, 0.25) is 0 Å². The minimum absolute atomic E-state index is 0.149. The van der Waals surface area contributed by atoms with Gasteiger partial charge in [0.05, 0.1) is 0 Å². The Kier molecular flexibility index (Phi) is 20.9. The van der Waals surface area contributed by atoms with Crippen LogP contribution in [0.15, 0.2) is 67.8 Å². The number of amides is 2. The van der Waals surface area contributed by atoms with Gasteiger partial charge in [-0.3, -0.25) is 14.5 Å². The highest BCUT2D eigenvalue weighted by molar-refractivity contribution is 6.00. The maximum absolute atomic E-state index is 11.1. The van der Waals surface area contributed by atoms with E-state index in [9.17, 15) is 14.4 Å². The lowest BCUT2D eigenvalue weighted by atomic mass is 10.2. The Morgan fingerprint density at radius 3 is 1.86 bits per heavy atom. The molecule has 0 aliphatic rings. The molecule has 0 saturated heterocycles. The lowest BCUT2D eigenvalue weighted by Gasteiger charge is -2.15. The molecule has 1 rings (SSSR count). The van der Waals surface area contributed by atoms with Gasteiger partial charge in [-0.1, -0.05) is 88.4 Å². The number of carbonyl (C=O) groups excluding carboxylic acids is 3. The van der Waals surface area contributed by atoms with Gasteiger partial charge in [-0.05, 0) is 52.7 Å². The van der Waals surface area contributed by atoms with Gasteiger partial charge >= 0.3 is 5.97 Å². The van der Waals surface area contributed by atoms with Gasteiger partial charge in [0.25, 0.3) is 5.91 Å². The predicted molar refractivity (Wildman–Crippen MR) is 154 cm³/mol. The minimum Gasteiger partial charge on any atom is -0.441 e. The fourth-order valence-electron chi connectivity index (χ4n) is 2.10. The van der Waals surface area contributed by atoms with Crippen molar-refractivity contribution in [3.05, 3.63) is 78.9 Å². The lowest BCUT2D eigenvalue weighted by molar-refractivity contribution is -0.147. The van der Waals surface area contributed by atoms with Gasteiger partial charge in [-0.15, -0.1) is 6.58 Å². The van der Waals surface area contributed by atoms with Crippen molar-refractivity contribution in [1.29, 1.82) is 5.26 Å². The molecule has 1 aromatic carbocycles. The fourth-order valence-corrected chi connectivity index (χ4v) is 2.10. The first-order valence-electron chi connectivity index (χ1n) is 12.1. The average molecular weight is 511 g/mol. The van der Waals surface area contributed by atoms with Gasteiger partial charge in [-0.25, -0.2) is 4.79 Å². The largest absolute Gasteiger partial charge is 0.441 e. The molecule has 0 heterocycles. The molecular formula is C31H46N2O4. The molecule has 1 aromatic rings. The highest BCUT2D eigenvalue weighted by Gasteiger charge is 2.21. The maximum atomic E-state index is 11.1. The summed E-state index contributed by atoms with van der Waals surface area (Å²) in [5, 5.41) is 8.47. The van der Waals surface area contributed by atoms with E-state index < -0.39 is 11.6 Å². The molecule has 0 unspecified atom stereocenters. The number of carbonyl (C=O) groups is 3. The Balaban J connectivity index is -0.000000426. The summed E-state index contributed by atoms with van der Waals surface area (Å²) in [6.45, 7) is 28.4. The molecule has 0 aromatic heterocycles. The number of aryl methyl sites for hydroxylation is 1. The summed E-state index contributed by atoms with van der Waals surface area (Å²) in [6, 6.07) is 10.1. The second-order valence-electron chi connectivity index (χ2n) is 9.21. The molecule has 0 aliphatic carbocycles. The zero-order valence-corrected chi connectivity index (χ0v) is 24.3. The number of ether oxygens (including phenoxy) is 1. The molecule has 0 bridgehead atoms. The first-order chi connectivity index (χ1) is 17.0. The molecule has 0 aliphatic heterocycles. The molecule has 6 nitrogen and oxygen atoms in total. The third-order valence-electron chi connectivity index (χ3n) is 4.29. The number of nitriles is 1. The Morgan fingerprint density at radius 2 is 1.59 bits per heavy atom. The standard InChI is InChI=1S/C9H10.C8H11NO2.C8H13NO2.C6H12/c1-3-9-6-4-8(2)5-7-9;1-6(2)7(10)11-8(3,4)5-9;1-5-7(10)9(4)8(11)6(2)3;1-4-5-6(2)3/h3-7H,1H2,2H3;1H2,2-4H3;5-6H,1H2,2-4H3;2,4-5H2,1,3H3. The summed E-state index contributed by atoms with van der Waals surface area (Å²) in [7, 11) is 1.45. The van der Waals surface area contributed by atoms with Crippen molar-refractivity contribution < 1.29 is 19.1 Å². The van der Waals surface area contributed by atoms with E-state index in [0.29, 0.717) is 5.57 Å². The smallest absolute Gasteiger partial charge is 0.334 e. The number of benzene rings is 1. The maximum Gasteiger partial charge on any atom is 0.334 e. The Labute approximate surface area is 225 Å². The summed E-state index contributed by atoms with van der Waals surface area (Å²) in [6.07, 6.45) is 5.38. The quantitative estimate of drug-likeness (QED) is 0.219. The molecule has 2 amide bonds. The van der Waals surface area contributed by atoms with E-state index in [1.807, 2.05) is 12.1 Å². The van der Waals surface area contributed by atoms with Crippen molar-refractivity contribution in [1.82, 2.24) is 4.90 Å². The van der Waals surface area contributed by atoms with E-state index >= 15 is 0 Å². The first kappa shape index (κ1) is 37.8. The van der Waals surface area contributed by atoms with Crippen LogP contribution in [0.3, 0.4) is 0 Å². The highest BCUT2D eigenvalue weighted by atomic mass is 16.6. The highest BCUT2D eigenvalue weighted by Crippen LogP contribution is 2.09. The van der Waals surface area contributed by atoms with Crippen LogP contribution in [0.5, 0.6) is 0 Å². The second kappa shape index (κ2) is 20.5. The van der Waals surface area contributed by atoms with Crippen molar-refractivity contribution >= 4 is 23.9 Å². The molecule has 0 spiro atoms. The van der Waals surface area contributed by atoms with E-state index in [2.05, 4.69) is 71.4 Å². The first-order valence-corrected chi connectivity index (χ1v) is 12.1. The van der Waals surface area contributed by atoms with E-state index in [1.54, 1.807) is 13.8 Å². The van der Waals surface area contributed by atoms with E-state index in [0.717, 1.165) is 11.0 Å². The summed E-state index contributed by atoms with van der Waals surface area (Å²) in [4.78, 5) is 33.9. The molecular weight excluding hydrogens is 464 g/mol. The monoisotopic (exact) mass is 510 g/mol. The van der Waals surface area contributed by atoms with Crippen LogP contribution in [0.1, 0.15) is 72.4 Å². The Morgan fingerprint density at radius 1 is 1.11 bits per heavy atom. The number of nitrogens with zero attached hydrogens (tertiary/aromatic N) is 2. The summed E-state index contributed by atoms with van der Waals surface area (Å²) in [5.74, 6) is -1.22. The van der Waals surface area contributed by atoms with Gasteiger partial charge in [0.15, 0.2) is 5.60 Å². The van der Waals surface area contributed by atoms with E-state index in [4.69, 9.17) is 10.00 Å². The third-order valence-corrected chi connectivity index (χ3v) is 4.29. The third kappa shape index (κ3) is 21.3. The summed E-state index contributed by atoms with van der Waals surface area (Å²) < 4.78 is 4.75. The molecule has 0 N–H and O–H groups in total. The summed E-state index contributed by atoms with van der Waals surface area (Å²) >= 11 is 0. The Hall–Kier alpha value is -3.72. The number of imide groups is 1. The van der Waals surface area contributed by atoms with Crippen molar-refractivity contribution in [2.24, 2.45) is 5.92 Å². The zero-order chi connectivity index (χ0) is 29.8. The molecule has 0 radical (unpaired) electrons. The number of hydrogen-bond donors (Lipinski definition) is 0. The van der Waals surface area contributed by atoms with Crippen LogP contribution in [0.4, 0.5) is 0 Å². The minimum atomic E-state index is -1.06. The Bertz CT molecular complexity index is 948. The molecule has 0 fully saturated rings. The van der Waals surface area contributed by atoms with Crippen molar-refractivity contribution in [2.75, 3.05) is 7.05 Å². The number of likely N-dealkylation sites (N-methyl/N-ethyl adjacent to an activating group) is 1. The second-order valence-corrected chi connectivity index (χ2v) is 9.21. The van der Waals surface area contributed by atoms with Crippen LogP contribution in [0.25, 0.3) is 6.08 Å². The molecule has 204 valence electrons. The predicted octanol–water partition coefficient (Wildman–Crippen LogP) is 7.22. The van der Waals surface area contributed by atoms with Gasteiger partial charge in [0.1, 0.15) is 6.07 Å². The molecule has 0 saturated carbocycles. The van der Waals surface area contributed by atoms with Crippen LogP contribution < -0.4 is 0 Å². The molecule has 0 atom stereocenters. The number of allylic oxidation sites excluding steroid dienone is 1. The molecule has 6 heteroatoms. The summed E-state index contributed by atoms with van der Waals surface area (Å²) in [5.41, 5.74) is 3.00. The van der Waals surface area contributed by atoms with Crippen molar-refractivity contribution in [3.8, 4) is 6.07 Å². The normalized spacial score (nSPS) is 9.32. The zero-order valence-electron chi connectivity index (χ0n) is 24.3. The van der Waals surface area contributed by atoms with Crippen LogP contribution in [-0.4, -0.2) is 35.3 Å². The van der Waals surface area contributed by atoms with Crippen molar-refractivity contribution in [3.63, 3.8) is 0 Å². The fraction of sp³-hybridized carbons (Fsp3) is 0.419. The van der Waals surface area contributed by atoms with Crippen LogP contribution >= 0.6 is 0 Å². The SMILES string of the molecule is C=C(C)C(=O)OC(C)(C)C#N.C=C(C)CCC.C=CC(=O)N(C)C(=O)C(C)C.C=Cc1ccc(C)cc1. The van der Waals surface area contributed by atoms with Crippen LogP contribution in [-0.2, 0) is 19.1 Å². The van der Waals surface area contributed by atoms with Gasteiger partial charge in [0.2, 0.25) is 5.91 Å².